The second kappa shape index (κ2) is 4.99. The van der Waals surface area contributed by atoms with Crippen LogP contribution >= 0.6 is 27.5 Å². The number of anilines is 1. The van der Waals surface area contributed by atoms with Crippen molar-refractivity contribution in [1.82, 2.24) is 0 Å². The number of rotatable bonds is 2. The largest absolute Gasteiger partial charge is 0.324 e. The highest BCUT2D eigenvalue weighted by Gasteiger charge is 2.05. The zero-order valence-electron chi connectivity index (χ0n) is 7.05. The number of halogens is 2. The fourth-order valence-electron chi connectivity index (χ4n) is 0.902. The van der Waals surface area contributed by atoms with Gasteiger partial charge in [-0.1, -0.05) is 15.9 Å². The molecule has 0 radical (unpaired) electrons. The molecule has 1 amide bonds. The Labute approximate surface area is 94.8 Å². The topological polar surface area (TPSA) is 52.9 Å². The average molecular weight is 274 g/mol. The molecule has 0 atom stereocenters. The van der Waals surface area contributed by atoms with Gasteiger partial charge >= 0.3 is 0 Å². The molecule has 1 aromatic rings. The van der Waals surface area contributed by atoms with E-state index in [2.05, 4.69) is 21.2 Å². The highest BCUT2D eigenvalue weighted by atomic mass is 79.9. The van der Waals surface area contributed by atoms with Crippen molar-refractivity contribution < 1.29 is 4.79 Å². The van der Waals surface area contributed by atoms with Gasteiger partial charge in [0.15, 0.2) is 0 Å². The summed E-state index contributed by atoms with van der Waals surface area (Å²) in [6, 6.07) is 6.99. The van der Waals surface area contributed by atoms with Crippen LogP contribution in [0.1, 0.15) is 5.56 Å². The van der Waals surface area contributed by atoms with E-state index in [1.54, 1.807) is 18.2 Å². The first kappa shape index (κ1) is 11.0. The van der Waals surface area contributed by atoms with Crippen molar-refractivity contribution in [2.75, 3.05) is 11.2 Å². The van der Waals surface area contributed by atoms with Gasteiger partial charge in [-0.05, 0) is 18.2 Å². The molecular formula is C9H6BrClN2O. The lowest BCUT2D eigenvalue weighted by Crippen LogP contribution is -2.13. The standard InChI is InChI=1S/C9H6BrClN2O/c10-7-1-2-8(6(3-7)5-12)13-9(14)4-11/h1-3H,4H2,(H,13,14). The van der Waals surface area contributed by atoms with Crippen molar-refractivity contribution in [2.24, 2.45) is 0 Å². The molecule has 0 aliphatic heterocycles. The normalized spacial score (nSPS) is 9.21. The number of carbonyl (C=O) groups is 1. The number of nitriles is 1. The molecule has 0 bridgehead atoms. The summed E-state index contributed by atoms with van der Waals surface area (Å²) in [5.41, 5.74) is 0.874. The summed E-state index contributed by atoms with van der Waals surface area (Å²) < 4.78 is 0.790. The van der Waals surface area contributed by atoms with Crippen LogP contribution in [0, 0.1) is 11.3 Å². The van der Waals surface area contributed by atoms with Crippen LogP contribution in [0.4, 0.5) is 5.69 Å². The number of alkyl halides is 1. The molecule has 0 aliphatic carbocycles. The van der Waals surface area contributed by atoms with E-state index in [4.69, 9.17) is 16.9 Å². The van der Waals surface area contributed by atoms with Crippen LogP contribution in [0.2, 0.25) is 0 Å². The first-order chi connectivity index (χ1) is 6.67. The molecule has 1 rings (SSSR count). The van der Waals surface area contributed by atoms with E-state index in [9.17, 15) is 4.79 Å². The van der Waals surface area contributed by atoms with Crippen molar-refractivity contribution in [1.29, 1.82) is 5.26 Å². The molecule has 0 spiro atoms. The zero-order valence-corrected chi connectivity index (χ0v) is 9.39. The third-order valence-corrected chi connectivity index (χ3v) is 2.23. The van der Waals surface area contributed by atoms with Gasteiger partial charge in [-0.2, -0.15) is 5.26 Å². The molecule has 0 aliphatic rings. The van der Waals surface area contributed by atoms with Crippen LogP contribution < -0.4 is 5.32 Å². The van der Waals surface area contributed by atoms with Crippen molar-refractivity contribution in [3.05, 3.63) is 28.2 Å². The van der Waals surface area contributed by atoms with Gasteiger partial charge in [-0.15, -0.1) is 11.6 Å². The predicted molar refractivity (Wildman–Crippen MR) is 58.2 cm³/mol. The summed E-state index contributed by atoms with van der Waals surface area (Å²) in [6.07, 6.45) is 0. The quantitative estimate of drug-likeness (QED) is 0.842. The minimum absolute atomic E-state index is 0.124. The number of carbonyl (C=O) groups excluding carboxylic acids is 1. The molecule has 0 unspecified atom stereocenters. The summed E-state index contributed by atoms with van der Waals surface area (Å²) >= 11 is 8.55. The molecule has 0 saturated heterocycles. The Kier molecular flexibility index (Phi) is 3.93. The number of nitrogens with one attached hydrogen (secondary N) is 1. The van der Waals surface area contributed by atoms with Crippen molar-refractivity contribution in [2.45, 2.75) is 0 Å². The molecule has 0 saturated carbocycles. The lowest BCUT2D eigenvalue weighted by Gasteiger charge is -2.04. The zero-order chi connectivity index (χ0) is 10.6. The van der Waals surface area contributed by atoms with Crippen LogP contribution in [0.5, 0.6) is 0 Å². The van der Waals surface area contributed by atoms with Crippen LogP contribution in [-0.2, 0) is 4.79 Å². The fourth-order valence-corrected chi connectivity index (χ4v) is 1.33. The fraction of sp³-hybridized carbons (Fsp3) is 0.111. The van der Waals surface area contributed by atoms with Crippen molar-refractivity contribution in [3.63, 3.8) is 0 Å². The van der Waals surface area contributed by atoms with Gasteiger partial charge in [0, 0.05) is 4.47 Å². The van der Waals surface area contributed by atoms with Gasteiger partial charge in [0.2, 0.25) is 5.91 Å². The summed E-state index contributed by atoms with van der Waals surface area (Å²) in [5.74, 6) is -0.452. The van der Waals surface area contributed by atoms with Gasteiger partial charge in [-0.25, -0.2) is 0 Å². The summed E-state index contributed by atoms with van der Waals surface area (Å²) in [7, 11) is 0. The number of nitrogens with zero attached hydrogens (tertiary/aromatic N) is 1. The Morgan fingerprint density at radius 2 is 2.36 bits per heavy atom. The highest BCUT2D eigenvalue weighted by molar-refractivity contribution is 9.10. The van der Waals surface area contributed by atoms with Crippen LogP contribution in [0.15, 0.2) is 22.7 Å². The molecular weight excluding hydrogens is 267 g/mol. The van der Waals surface area contributed by atoms with Gasteiger partial charge < -0.3 is 5.32 Å². The van der Waals surface area contributed by atoms with Crippen molar-refractivity contribution >= 4 is 39.1 Å². The first-order valence-corrected chi connectivity index (χ1v) is 5.05. The molecule has 5 heteroatoms. The van der Waals surface area contributed by atoms with Crippen molar-refractivity contribution in [3.8, 4) is 6.07 Å². The predicted octanol–water partition coefficient (Wildman–Crippen LogP) is 2.50. The maximum absolute atomic E-state index is 11.0. The number of benzene rings is 1. The maximum atomic E-state index is 11.0. The van der Waals surface area contributed by atoms with E-state index < -0.39 is 0 Å². The van der Waals surface area contributed by atoms with Crippen LogP contribution in [0.3, 0.4) is 0 Å². The molecule has 0 fully saturated rings. The van der Waals surface area contributed by atoms with E-state index >= 15 is 0 Å². The van der Waals surface area contributed by atoms with E-state index in [1.807, 2.05) is 6.07 Å². The lowest BCUT2D eigenvalue weighted by atomic mass is 10.2. The molecule has 0 aromatic heterocycles. The van der Waals surface area contributed by atoms with Gasteiger partial charge in [0.05, 0.1) is 11.3 Å². The van der Waals surface area contributed by atoms with E-state index in [0.717, 1.165) is 4.47 Å². The Balaban J connectivity index is 2.98. The van der Waals surface area contributed by atoms with Crippen LogP contribution in [0.25, 0.3) is 0 Å². The smallest absolute Gasteiger partial charge is 0.239 e. The number of amides is 1. The maximum Gasteiger partial charge on any atom is 0.239 e. The summed E-state index contributed by atoms with van der Waals surface area (Å²) in [4.78, 5) is 11.0. The molecule has 3 nitrogen and oxygen atoms in total. The van der Waals surface area contributed by atoms with E-state index in [0.29, 0.717) is 11.3 Å². The van der Waals surface area contributed by atoms with E-state index in [-0.39, 0.29) is 11.8 Å². The summed E-state index contributed by atoms with van der Waals surface area (Å²) in [6.45, 7) is 0. The van der Waals surface area contributed by atoms with E-state index in [1.165, 1.54) is 0 Å². The Bertz CT molecular complexity index is 400. The third kappa shape index (κ3) is 2.72. The van der Waals surface area contributed by atoms with Gasteiger partial charge in [-0.3, -0.25) is 4.79 Å². The van der Waals surface area contributed by atoms with Gasteiger partial charge in [0.1, 0.15) is 11.9 Å². The number of hydrogen-bond donors (Lipinski definition) is 1. The number of hydrogen-bond acceptors (Lipinski definition) is 2. The minimum Gasteiger partial charge on any atom is -0.324 e. The third-order valence-electron chi connectivity index (χ3n) is 1.50. The minimum atomic E-state index is -0.328. The van der Waals surface area contributed by atoms with Crippen LogP contribution in [-0.4, -0.2) is 11.8 Å². The Hall–Kier alpha value is -1.05. The average Bonchev–Trinajstić information content (AvgIpc) is 2.20. The first-order valence-electron chi connectivity index (χ1n) is 3.73. The second-order valence-corrected chi connectivity index (χ2v) is 3.67. The van der Waals surface area contributed by atoms with Gasteiger partial charge in [0.25, 0.3) is 0 Å². The molecule has 1 N–H and O–H groups in total. The second-order valence-electron chi connectivity index (χ2n) is 2.48. The highest BCUT2D eigenvalue weighted by Crippen LogP contribution is 2.20. The monoisotopic (exact) mass is 272 g/mol. The SMILES string of the molecule is N#Cc1cc(Br)ccc1NC(=O)CCl. The Morgan fingerprint density at radius 3 is 2.93 bits per heavy atom. The lowest BCUT2D eigenvalue weighted by molar-refractivity contribution is -0.113. The summed E-state index contributed by atoms with van der Waals surface area (Å²) in [5, 5.41) is 11.3. The molecule has 1 aromatic carbocycles. The molecule has 72 valence electrons. The Morgan fingerprint density at radius 1 is 1.64 bits per heavy atom. The molecule has 14 heavy (non-hydrogen) atoms. The molecule has 0 heterocycles.